The summed E-state index contributed by atoms with van der Waals surface area (Å²) in [6.07, 6.45) is 2.35. The molecule has 1 saturated carbocycles. The molecule has 0 aliphatic heterocycles. The lowest BCUT2D eigenvalue weighted by Crippen LogP contribution is -2.48. The fraction of sp³-hybridized carbons (Fsp3) is 0.750. The van der Waals surface area contributed by atoms with Crippen LogP contribution in [-0.4, -0.2) is 44.5 Å². The Balaban J connectivity index is 2.68. The molecule has 2 atom stereocenters. The van der Waals surface area contributed by atoms with Crippen LogP contribution < -0.4 is 5.32 Å². The molecule has 1 aliphatic rings. The van der Waals surface area contributed by atoms with Crippen molar-refractivity contribution in [1.29, 1.82) is 0 Å². The highest BCUT2D eigenvalue weighted by Crippen LogP contribution is 2.25. The summed E-state index contributed by atoms with van der Waals surface area (Å²) in [5, 5.41) is 2.57. The van der Waals surface area contributed by atoms with Gasteiger partial charge >= 0.3 is 5.97 Å². The van der Waals surface area contributed by atoms with Crippen LogP contribution in [0.4, 0.5) is 0 Å². The van der Waals surface area contributed by atoms with Gasteiger partial charge in [-0.1, -0.05) is 0 Å². The van der Waals surface area contributed by atoms with Crippen molar-refractivity contribution in [1.82, 2.24) is 5.32 Å². The second kappa shape index (κ2) is 7.10. The summed E-state index contributed by atoms with van der Waals surface area (Å²) >= 11 is 0. The monoisotopic (exact) mass is 257 g/mol. The molecule has 0 heterocycles. The van der Waals surface area contributed by atoms with Crippen molar-refractivity contribution in [3.05, 3.63) is 0 Å². The van der Waals surface area contributed by atoms with Gasteiger partial charge in [-0.25, -0.2) is 4.79 Å². The van der Waals surface area contributed by atoms with Crippen molar-refractivity contribution in [3.63, 3.8) is 0 Å². The third-order valence-corrected chi connectivity index (χ3v) is 3.04. The van der Waals surface area contributed by atoms with Gasteiger partial charge in [0.2, 0.25) is 5.91 Å². The molecular formula is C12H19NO5. The van der Waals surface area contributed by atoms with Gasteiger partial charge in [0.05, 0.1) is 7.11 Å². The fourth-order valence-electron chi connectivity index (χ4n) is 2.18. The topological polar surface area (TPSA) is 81.7 Å². The molecule has 0 aromatic carbocycles. The standard InChI is InChI=1S/C12H19NO5/c1-17-7-10(15)13-11(12(16)18-2)8-4-3-5-9(14)6-8/h8,11H,3-7H2,1-2H3,(H,13,15)/t8-,11-/m1/s1. The number of amides is 1. The highest BCUT2D eigenvalue weighted by molar-refractivity contribution is 5.86. The molecule has 18 heavy (non-hydrogen) atoms. The zero-order chi connectivity index (χ0) is 13.5. The Morgan fingerprint density at radius 1 is 1.44 bits per heavy atom. The van der Waals surface area contributed by atoms with Crippen LogP contribution in [0.15, 0.2) is 0 Å². The first-order valence-electron chi connectivity index (χ1n) is 5.96. The minimum Gasteiger partial charge on any atom is -0.467 e. The van der Waals surface area contributed by atoms with Crippen LogP contribution in [-0.2, 0) is 23.9 Å². The number of ketones is 1. The van der Waals surface area contributed by atoms with Crippen molar-refractivity contribution >= 4 is 17.7 Å². The first kappa shape index (κ1) is 14.6. The SMILES string of the molecule is COCC(=O)N[C@@H](C(=O)OC)[C@@H]1CCCC(=O)C1. The second-order valence-corrected chi connectivity index (χ2v) is 4.40. The minimum absolute atomic E-state index is 0.117. The van der Waals surface area contributed by atoms with Crippen molar-refractivity contribution in [2.24, 2.45) is 5.92 Å². The summed E-state index contributed by atoms with van der Waals surface area (Å²) in [6.45, 7) is -0.117. The van der Waals surface area contributed by atoms with Gasteiger partial charge in [0.1, 0.15) is 18.4 Å². The van der Waals surface area contributed by atoms with Crippen LogP contribution in [0.25, 0.3) is 0 Å². The maximum absolute atomic E-state index is 11.7. The van der Waals surface area contributed by atoms with Gasteiger partial charge < -0.3 is 14.8 Å². The molecule has 1 fully saturated rings. The van der Waals surface area contributed by atoms with Crippen LogP contribution in [0.3, 0.4) is 0 Å². The molecule has 0 aromatic rings. The van der Waals surface area contributed by atoms with E-state index in [4.69, 9.17) is 4.74 Å². The maximum atomic E-state index is 11.7. The summed E-state index contributed by atoms with van der Waals surface area (Å²) in [5.74, 6) is -0.953. The number of Topliss-reactive ketones (excluding diaryl/α,β-unsaturated/α-hetero) is 1. The zero-order valence-corrected chi connectivity index (χ0v) is 10.7. The Morgan fingerprint density at radius 2 is 2.17 bits per heavy atom. The smallest absolute Gasteiger partial charge is 0.328 e. The number of carbonyl (C=O) groups is 3. The van der Waals surface area contributed by atoms with Gasteiger partial charge in [-0.2, -0.15) is 0 Å². The van der Waals surface area contributed by atoms with Crippen LogP contribution in [0.1, 0.15) is 25.7 Å². The molecular weight excluding hydrogens is 238 g/mol. The molecule has 6 heteroatoms. The Hall–Kier alpha value is -1.43. The van der Waals surface area contributed by atoms with E-state index in [-0.39, 0.29) is 24.2 Å². The fourth-order valence-corrected chi connectivity index (χ4v) is 2.18. The van der Waals surface area contributed by atoms with E-state index in [0.29, 0.717) is 12.8 Å². The predicted molar refractivity (Wildman–Crippen MR) is 62.8 cm³/mol. The highest BCUT2D eigenvalue weighted by atomic mass is 16.5. The lowest BCUT2D eigenvalue weighted by atomic mass is 9.83. The Labute approximate surface area is 106 Å². The van der Waals surface area contributed by atoms with Gasteiger partial charge in [0.25, 0.3) is 0 Å². The van der Waals surface area contributed by atoms with Gasteiger partial charge in [-0.15, -0.1) is 0 Å². The van der Waals surface area contributed by atoms with E-state index >= 15 is 0 Å². The van der Waals surface area contributed by atoms with E-state index in [1.165, 1.54) is 14.2 Å². The Morgan fingerprint density at radius 3 is 2.72 bits per heavy atom. The van der Waals surface area contributed by atoms with Gasteiger partial charge in [-0.05, 0) is 18.8 Å². The van der Waals surface area contributed by atoms with Crippen LogP contribution in [0.2, 0.25) is 0 Å². The quantitative estimate of drug-likeness (QED) is 0.704. The third kappa shape index (κ3) is 4.10. The molecule has 0 bridgehead atoms. The Bertz CT molecular complexity index is 328. The maximum Gasteiger partial charge on any atom is 0.328 e. The lowest BCUT2D eigenvalue weighted by molar-refractivity contribution is -0.148. The molecule has 1 N–H and O–H groups in total. The first-order valence-corrected chi connectivity index (χ1v) is 5.96. The van der Waals surface area contributed by atoms with E-state index in [1.54, 1.807) is 0 Å². The summed E-state index contributed by atoms with van der Waals surface area (Å²) in [5.41, 5.74) is 0. The second-order valence-electron chi connectivity index (χ2n) is 4.40. The molecule has 0 saturated heterocycles. The van der Waals surface area contributed by atoms with Crippen molar-refractivity contribution in [3.8, 4) is 0 Å². The van der Waals surface area contributed by atoms with Gasteiger partial charge in [-0.3, -0.25) is 9.59 Å². The average molecular weight is 257 g/mol. The molecule has 0 radical (unpaired) electrons. The molecule has 1 aliphatic carbocycles. The molecule has 0 aromatic heterocycles. The summed E-state index contributed by atoms with van der Waals surface area (Å²) in [6, 6.07) is -0.762. The number of hydrogen-bond donors (Lipinski definition) is 1. The van der Waals surface area contributed by atoms with E-state index < -0.39 is 12.0 Å². The van der Waals surface area contributed by atoms with E-state index in [2.05, 4.69) is 10.1 Å². The number of ether oxygens (including phenoxy) is 2. The molecule has 102 valence electrons. The van der Waals surface area contributed by atoms with Crippen LogP contribution in [0.5, 0.6) is 0 Å². The number of carbonyl (C=O) groups excluding carboxylic acids is 3. The van der Waals surface area contributed by atoms with Crippen LogP contribution in [0, 0.1) is 5.92 Å². The number of rotatable bonds is 5. The minimum atomic E-state index is -0.762. The van der Waals surface area contributed by atoms with Crippen molar-refractivity contribution in [2.75, 3.05) is 20.8 Å². The van der Waals surface area contributed by atoms with E-state index in [1.807, 2.05) is 0 Å². The molecule has 6 nitrogen and oxygen atoms in total. The molecule has 1 rings (SSSR count). The number of hydrogen-bond acceptors (Lipinski definition) is 5. The number of nitrogens with one attached hydrogen (secondary N) is 1. The summed E-state index contributed by atoms with van der Waals surface area (Å²) in [7, 11) is 2.67. The van der Waals surface area contributed by atoms with Crippen LogP contribution >= 0.6 is 0 Å². The lowest BCUT2D eigenvalue weighted by Gasteiger charge is -2.28. The number of methoxy groups -OCH3 is 2. The summed E-state index contributed by atoms with van der Waals surface area (Å²) < 4.78 is 9.37. The van der Waals surface area contributed by atoms with E-state index in [9.17, 15) is 14.4 Å². The number of esters is 1. The zero-order valence-electron chi connectivity index (χ0n) is 10.7. The largest absolute Gasteiger partial charge is 0.467 e. The van der Waals surface area contributed by atoms with Gasteiger partial charge in [0, 0.05) is 20.0 Å². The van der Waals surface area contributed by atoms with Crippen molar-refractivity contribution < 1.29 is 23.9 Å². The third-order valence-electron chi connectivity index (χ3n) is 3.04. The Kier molecular flexibility index (Phi) is 5.77. The average Bonchev–Trinajstić information content (AvgIpc) is 2.35. The van der Waals surface area contributed by atoms with Gasteiger partial charge in [0.15, 0.2) is 0 Å². The predicted octanol–water partition coefficient (Wildman–Crippen LogP) is 0.0499. The van der Waals surface area contributed by atoms with Crippen molar-refractivity contribution in [2.45, 2.75) is 31.7 Å². The first-order chi connectivity index (χ1) is 8.58. The molecule has 0 unspecified atom stereocenters. The normalized spacial score (nSPS) is 21.2. The molecule has 0 spiro atoms. The molecule has 1 amide bonds. The highest BCUT2D eigenvalue weighted by Gasteiger charge is 2.33. The summed E-state index contributed by atoms with van der Waals surface area (Å²) in [4.78, 5) is 34.5. The van der Waals surface area contributed by atoms with E-state index in [0.717, 1.165) is 12.8 Å².